The molecule has 2 amide bonds. The first-order valence-corrected chi connectivity index (χ1v) is 9.52. The number of amides is 2. The standard InChI is InChI=1S/C18H19N5O4S/c1-19-15(25)9-11-10-28-17(20-11)22-14(24)7-4-8-23-16(26)12-5-2-3-6-13(12)21-18(23)27/h2-3,5-6,10H,4,7-9H2,1H3,(H,19,25)(H,21,27)(H,20,22,24). The third-order valence-corrected chi connectivity index (χ3v) is 4.90. The molecule has 3 N–H and O–H groups in total. The van der Waals surface area contributed by atoms with Crippen LogP contribution in [0, 0.1) is 0 Å². The molecule has 0 saturated carbocycles. The zero-order valence-corrected chi connectivity index (χ0v) is 16.0. The number of benzene rings is 1. The number of anilines is 1. The summed E-state index contributed by atoms with van der Waals surface area (Å²) in [7, 11) is 1.54. The third kappa shape index (κ3) is 4.52. The van der Waals surface area contributed by atoms with Gasteiger partial charge in [-0.2, -0.15) is 0 Å². The lowest BCUT2D eigenvalue weighted by Gasteiger charge is -2.06. The fourth-order valence-electron chi connectivity index (χ4n) is 2.68. The summed E-state index contributed by atoms with van der Waals surface area (Å²) in [6.45, 7) is 0.131. The van der Waals surface area contributed by atoms with Gasteiger partial charge in [0.05, 0.1) is 23.0 Å². The van der Waals surface area contributed by atoms with E-state index in [2.05, 4.69) is 20.6 Å². The summed E-state index contributed by atoms with van der Waals surface area (Å²) in [6.07, 6.45) is 0.600. The van der Waals surface area contributed by atoms with Crippen molar-refractivity contribution in [1.82, 2.24) is 19.9 Å². The number of nitrogens with zero attached hydrogens (tertiary/aromatic N) is 2. The predicted molar refractivity (Wildman–Crippen MR) is 107 cm³/mol. The van der Waals surface area contributed by atoms with Gasteiger partial charge in [-0.3, -0.25) is 19.0 Å². The average Bonchev–Trinajstić information content (AvgIpc) is 3.10. The van der Waals surface area contributed by atoms with E-state index >= 15 is 0 Å². The summed E-state index contributed by atoms with van der Waals surface area (Å²) in [5, 5.41) is 7.71. The van der Waals surface area contributed by atoms with Crippen molar-refractivity contribution < 1.29 is 9.59 Å². The number of likely N-dealkylation sites (N-methyl/N-ethyl adjacent to an activating group) is 1. The molecule has 0 aliphatic rings. The van der Waals surface area contributed by atoms with E-state index in [1.807, 2.05) is 0 Å². The Kier molecular flexibility index (Phi) is 5.99. The first-order chi connectivity index (χ1) is 13.5. The van der Waals surface area contributed by atoms with Crippen molar-refractivity contribution in [3.63, 3.8) is 0 Å². The Labute approximate surface area is 163 Å². The van der Waals surface area contributed by atoms with Crippen LogP contribution >= 0.6 is 11.3 Å². The van der Waals surface area contributed by atoms with Gasteiger partial charge in [-0.25, -0.2) is 9.78 Å². The van der Waals surface area contributed by atoms with Crippen LogP contribution in [-0.4, -0.2) is 33.4 Å². The average molecular weight is 401 g/mol. The summed E-state index contributed by atoms with van der Waals surface area (Å²) in [6, 6.07) is 6.79. The van der Waals surface area contributed by atoms with Crippen molar-refractivity contribution in [3.05, 3.63) is 56.2 Å². The number of rotatable bonds is 7. The molecule has 0 fully saturated rings. The highest BCUT2D eigenvalue weighted by atomic mass is 32.1. The number of hydrogen-bond donors (Lipinski definition) is 3. The quantitative estimate of drug-likeness (QED) is 0.541. The fraction of sp³-hybridized carbons (Fsp3) is 0.278. The third-order valence-electron chi connectivity index (χ3n) is 4.09. The molecular formula is C18H19N5O4S. The second-order valence-corrected chi connectivity index (χ2v) is 6.94. The van der Waals surface area contributed by atoms with Gasteiger partial charge in [-0.1, -0.05) is 12.1 Å². The van der Waals surface area contributed by atoms with Crippen molar-refractivity contribution in [1.29, 1.82) is 0 Å². The maximum atomic E-state index is 12.4. The van der Waals surface area contributed by atoms with Gasteiger partial charge in [-0.15, -0.1) is 11.3 Å². The fourth-order valence-corrected chi connectivity index (χ4v) is 3.41. The highest BCUT2D eigenvalue weighted by Crippen LogP contribution is 2.16. The van der Waals surface area contributed by atoms with E-state index in [-0.39, 0.29) is 36.8 Å². The molecule has 0 aliphatic heterocycles. The van der Waals surface area contributed by atoms with E-state index < -0.39 is 5.69 Å². The van der Waals surface area contributed by atoms with Gasteiger partial charge in [0.1, 0.15) is 0 Å². The van der Waals surface area contributed by atoms with Crippen molar-refractivity contribution in [2.45, 2.75) is 25.8 Å². The first kappa shape index (κ1) is 19.5. The lowest BCUT2D eigenvalue weighted by atomic mass is 10.2. The number of nitrogens with one attached hydrogen (secondary N) is 3. The molecule has 9 nitrogen and oxygen atoms in total. The molecule has 0 radical (unpaired) electrons. The molecule has 0 unspecified atom stereocenters. The number of thiazole rings is 1. The number of aromatic nitrogens is 3. The molecule has 0 atom stereocenters. The molecule has 1 aromatic carbocycles. The number of para-hydroxylation sites is 1. The summed E-state index contributed by atoms with van der Waals surface area (Å²) in [5.41, 5.74) is 0.193. The Bertz CT molecular complexity index is 1130. The van der Waals surface area contributed by atoms with Gasteiger partial charge in [0.2, 0.25) is 11.8 Å². The Morgan fingerprint density at radius 1 is 1.21 bits per heavy atom. The summed E-state index contributed by atoms with van der Waals surface area (Å²) < 4.78 is 1.10. The molecule has 0 saturated heterocycles. The highest BCUT2D eigenvalue weighted by molar-refractivity contribution is 7.13. The van der Waals surface area contributed by atoms with E-state index in [9.17, 15) is 19.2 Å². The number of aromatic amines is 1. The molecule has 146 valence electrons. The maximum Gasteiger partial charge on any atom is 0.328 e. The predicted octanol–water partition coefficient (Wildman–Crippen LogP) is 0.854. The van der Waals surface area contributed by atoms with Crippen LogP contribution in [0.2, 0.25) is 0 Å². The number of H-pyrrole nitrogens is 1. The minimum Gasteiger partial charge on any atom is -0.359 e. The first-order valence-electron chi connectivity index (χ1n) is 8.64. The second-order valence-electron chi connectivity index (χ2n) is 6.08. The molecule has 3 aromatic rings. The topological polar surface area (TPSA) is 126 Å². The molecule has 28 heavy (non-hydrogen) atoms. The van der Waals surface area contributed by atoms with Crippen molar-refractivity contribution in [2.24, 2.45) is 0 Å². The van der Waals surface area contributed by atoms with Crippen molar-refractivity contribution in [3.8, 4) is 0 Å². The van der Waals surface area contributed by atoms with Gasteiger partial charge in [0, 0.05) is 25.4 Å². The smallest absolute Gasteiger partial charge is 0.328 e. The van der Waals surface area contributed by atoms with Gasteiger partial charge in [0.25, 0.3) is 5.56 Å². The minimum atomic E-state index is -0.497. The molecule has 2 aromatic heterocycles. The van der Waals surface area contributed by atoms with Gasteiger partial charge >= 0.3 is 5.69 Å². The van der Waals surface area contributed by atoms with E-state index in [0.717, 1.165) is 4.57 Å². The van der Waals surface area contributed by atoms with E-state index in [1.165, 1.54) is 11.3 Å². The lowest BCUT2D eigenvalue weighted by molar-refractivity contribution is -0.120. The summed E-state index contributed by atoms with van der Waals surface area (Å²) >= 11 is 1.23. The summed E-state index contributed by atoms with van der Waals surface area (Å²) in [4.78, 5) is 54.8. The van der Waals surface area contributed by atoms with Crippen LogP contribution in [0.25, 0.3) is 10.9 Å². The Morgan fingerprint density at radius 3 is 2.79 bits per heavy atom. The van der Waals surface area contributed by atoms with Crippen molar-refractivity contribution >= 4 is 39.2 Å². The monoisotopic (exact) mass is 401 g/mol. The van der Waals surface area contributed by atoms with Gasteiger partial charge < -0.3 is 15.6 Å². The normalized spacial score (nSPS) is 10.8. The molecule has 3 rings (SSSR count). The Balaban J connectivity index is 1.57. The van der Waals surface area contributed by atoms with E-state index in [4.69, 9.17) is 0 Å². The van der Waals surface area contributed by atoms with Crippen LogP contribution in [0.5, 0.6) is 0 Å². The number of carbonyl (C=O) groups is 2. The molecule has 0 spiro atoms. The zero-order chi connectivity index (χ0) is 20.1. The molecular weight excluding hydrogens is 382 g/mol. The summed E-state index contributed by atoms with van der Waals surface area (Å²) in [5.74, 6) is -0.430. The highest BCUT2D eigenvalue weighted by Gasteiger charge is 2.11. The largest absolute Gasteiger partial charge is 0.359 e. The van der Waals surface area contributed by atoms with Crippen LogP contribution in [0.1, 0.15) is 18.5 Å². The maximum absolute atomic E-state index is 12.4. The van der Waals surface area contributed by atoms with Crippen LogP contribution in [0.3, 0.4) is 0 Å². The molecule has 0 bridgehead atoms. The second kappa shape index (κ2) is 8.61. The Morgan fingerprint density at radius 2 is 2.00 bits per heavy atom. The number of hydrogen-bond acceptors (Lipinski definition) is 6. The Hall–Kier alpha value is -3.27. The van der Waals surface area contributed by atoms with Crippen LogP contribution < -0.4 is 21.9 Å². The molecule has 0 aliphatic carbocycles. The SMILES string of the molecule is CNC(=O)Cc1csc(NC(=O)CCCn2c(=O)[nH]c3ccccc3c2=O)n1. The number of carbonyl (C=O) groups excluding carboxylic acids is 2. The zero-order valence-electron chi connectivity index (χ0n) is 15.2. The van der Waals surface area contributed by atoms with Crippen LogP contribution in [-0.2, 0) is 22.6 Å². The minimum absolute atomic E-state index is 0.128. The molecule has 10 heteroatoms. The van der Waals surface area contributed by atoms with E-state index in [0.29, 0.717) is 28.1 Å². The van der Waals surface area contributed by atoms with Crippen LogP contribution in [0.15, 0.2) is 39.2 Å². The number of fused-ring (bicyclic) bond motifs is 1. The van der Waals surface area contributed by atoms with Crippen LogP contribution in [0.4, 0.5) is 5.13 Å². The van der Waals surface area contributed by atoms with Gasteiger partial charge in [-0.05, 0) is 18.6 Å². The van der Waals surface area contributed by atoms with Crippen molar-refractivity contribution in [2.75, 3.05) is 12.4 Å². The van der Waals surface area contributed by atoms with E-state index in [1.54, 1.807) is 36.7 Å². The van der Waals surface area contributed by atoms with Gasteiger partial charge in [0.15, 0.2) is 5.13 Å². The molecule has 2 heterocycles. The lowest BCUT2D eigenvalue weighted by Crippen LogP contribution is -2.35.